The van der Waals surface area contributed by atoms with Gasteiger partial charge in [0.2, 0.25) is 0 Å². The lowest BCUT2D eigenvalue weighted by molar-refractivity contribution is 0.436. The summed E-state index contributed by atoms with van der Waals surface area (Å²) in [5.74, 6) is 3.29. The number of ether oxygens (including phenoxy) is 1. The summed E-state index contributed by atoms with van der Waals surface area (Å²) in [4.78, 5) is 24.9. The molecule has 7 aliphatic rings. The van der Waals surface area contributed by atoms with Crippen LogP contribution in [-0.2, 0) is 21.7 Å². The predicted molar refractivity (Wildman–Crippen MR) is 612 cm³/mol. The Morgan fingerprint density at radius 1 is 0.240 bits per heavy atom. The summed E-state index contributed by atoms with van der Waals surface area (Å²) in [7, 11) is 0. The molecular formula is C140H90N8OS. The summed E-state index contributed by atoms with van der Waals surface area (Å²) in [6, 6.07) is 181. The Balaban J connectivity index is 0.000000101. The second-order valence-corrected chi connectivity index (χ2v) is 41.8. The van der Waals surface area contributed by atoms with Gasteiger partial charge in [-0.3, -0.25) is 14.5 Å². The second-order valence-electron chi connectivity index (χ2n) is 40.7. The number of para-hydroxylation sites is 8. The first kappa shape index (κ1) is 85.5. The van der Waals surface area contributed by atoms with Gasteiger partial charge in [0.05, 0.1) is 77.8 Å². The molecule has 150 heavy (non-hydrogen) atoms. The minimum atomic E-state index is -0.567. The van der Waals surface area contributed by atoms with E-state index >= 15 is 0 Å². The first-order valence-electron chi connectivity index (χ1n) is 51.6. The van der Waals surface area contributed by atoms with Gasteiger partial charge in [0, 0.05) is 116 Å². The minimum Gasteiger partial charge on any atom is -0.457 e. The van der Waals surface area contributed by atoms with E-state index < -0.39 is 16.2 Å². The maximum Gasteiger partial charge on any atom is 0.162 e. The normalized spacial score (nSPS) is 14.2. The molecular weight excluding hydrogens is 1840 g/mol. The third kappa shape index (κ3) is 11.9. The molecule has 0 radical (unpaired) electrons. The van der Waals surface area contributed by atoms with Gasteiger partial charge in [-0.05, 0) is 209 Å². The number of fused-ring (bicyclic) bond motifs is 42. The van der Waals surface area contributed by atoms with Crippen molar-refractivity contribution < 1.29 is 4.74 Å². The van der Waals surface area contributed by atoms with Crippen molar-refractivity contribution in [3.05, 3.63) is 588 Å². The standard InChI is InChI=1S/C49H30N2S.C47H29N3O.C44H31N3/c1-2-14-31(15-3-1)50-42-22-10-6-17-34(42)37-30-32(26-29-44(37)50)51-43-23-11-5-16-33(43)35-27-28-41-47(48(35)51)36-18-4-7-19-38(36)49(41)39-20-8-12-24-45(39)52-46-25-13-9-21-40(46)49;1-3-15-30(16-4-1)39-29-43(49-46(48-39)31-17-5-2-6-18-31)50-40-24-12-8-19-32(40)33-27-28-38-44(45(33)50)34-20-7-9-21-35(34)47(38)36-22-10-13-25-41(36)51-42-26-14-11-23-37(42)47;1-43(2)32-15-5-3-13-29(32)30-22-23-36-41(42(30)43)31-14-4-6-16-33(31)44(36)34-17-7-9-20-39(34)47(40-21-10-8-18-35(40)44)28-24-26-46-38(27-28)37-19-11-12-25-45-37/h1-30H;1-29H;3-27H,1-2H3. The fourth-order valence-corrected chi connectivity index (χ4v) is 28.4. The van der Waals surface area contributed by atoms with Gasteiger partial charge in [-0.1, -0.05) is 408 Å². The molecule has 0 fully saturated rings. The predicted octanol–water partition coefficient (Wildman–Crippen LogP) is 34.7. The number of hydrogen-bond acceptors (Lipinski definition) is 7. The van der Waals surface area contributed by atoms with Crippen molar-refractivity contribution in [3.8, 4) is 107 Å². The first-order valence-corrected chi connectivity index (χ1v) is 52.4. The molecule has 4 aliphatic carbocycles. The number of anilines is 3. The van der Waals surface area contributed by atoms with Crippen LogP contribution in [0.5, 0.6) is 11.5 Å². The Hall–Kier alpha value is -18.9. The SMILES string of the molecule is CC1(C)c2ccccc2-c2ccc3c(c21)-c1ccccc1C31c2ccccc2N(c2ccnc(-c3ccccn3)c2)c2ccccc21.c1ccc(-c2cc(-n3c4ccccc4c4ccc5c(c43)-c3ccccc3C53c4ccccc4Oc4ccccc43)nc(-c3ccccc3)n2)cc1.c1ccc(-n2c3ccccc3c3cc(-n4c5ccccc5c5ccc6c(c54)-c4ccccc4C64c5ccccc5Sc5ccccc54)ccc32)cc1. The molecule has 10 heteroatoms. The summed E-state index contributed by atoms with van der Waals surface area (Å²) < 4.78 is 13.9. The minimum absolute atomic E-state index is 0.130. The average Bonchev–Trinajstić information content (AvgIpc) is 0.918. The smallest absolute Gasteiger partial charge is 0.162 e. The van der Waals surface area contributed by atoms with Gasteiger partial charge in [-0.2, -0.15) is 0 Å². The molecule has 702 valence electrons. The van der Waals surface area contributed by atoms with E-state index in [1.165, 1.54) is 198 Å². The quantitative estimate of drug-likeness (QED) is 0.157. The first-order chi connectivity index (χ1) is 74.2. The Bertz CT molecular complexity index is 9980. The molecule has 3 aliphatic heterocycles. The van der Waals surface area contributed by atoms with E-state index in [0.717, 1.165) is 73.4 Å². The van der Waals surface area contributed by atoms with E-state index in [1.807, 2.05) is 66.6 Å². The Kier molecular flexibility index (Phi) is 18.7. The zero-order valence-electron chi connectivity index (χ0n) is 81.9. The molecule has 9 heterocycles. The lowest BCUT2D eigenvalue weighted by Crippen LogP contribution is -2.36. The molecule has 0 atom stereocenters. The summed E-state index contributed by atoms with van der Waals surface area (Å²) in [6.07, 6.45) is 3.72. The van der Waals surface area contributed by atoms with Crippen LogP contribution in [0.25, 0.3) is 161 Å². The fraction of sp³-hybridized carbons (Fsp3) is 0.0429. The molecule has 6 aromatic heterocycles. The monoisotopic (exact) mass is 1930 g/mol. The summed E-state index contributed by atoms with van der Waals surface area (Å²) >= 11 is 1.90. The molecule has 0 amide bonds. The highest BCUT2D eigenvalue weighted by Gasteiger charge is 2.57. The molecule has 26 aromatic rings. The van der Waals surface area contributed by atoms with E-state index in [-0.39, 0.29) is 5.41 Å². The molecule has 20 aromatic carbocycles. The van der Waals surface area contributed by atoms with Crippen molar-refractivity contribution in [2.24, 2.45) is 0 Å². The topological polar surface area (TPSA) is 78.8 Å². The molecule has 0 saturated heterocycles. The molecule has 33 rings (SSSR count). The van der Waals surface area contributed by atoms with Crippen LogP contribution in [0.4, 0.5) is 17.1 Å². The van der Waals surface area contributed by atoms with Gasteiger partial charge in [0.15, 0.2) is 5.82 Å². The van der Waals surface area contributed by atoms with Crippen LogP contribution in [0.3, 0.4) is 0 Å². The number of hydrogen-bond donors (Lipinski definition) is 0. The number of pyridine rings is 2. The van der Waals surface area contributed by atoms with E-state index in [9.17, 15) is 0 Å². The molecule has 0 unspecified atom stereocenters. The number of benzene rings is 20. The Morgan fingerprint density at radius 2 is 0.673 bits per heavy atom. The van der Waals surface area contributed by atoms with Crippen molar-refractivity contribution in [1.29, 1.82) is 0 Å². The van der Waals surface area contributed by atoms with Crippen molar-refractivity contribution in [2.45, 2.75) is 45.3 Å². The second kappa shape index (κ2) is 32.8. The zero-order chi connectivity index (χ0) is 98.8. The molecule has 0 N–H and O–H groups in total. The fourth-order valence-electron chi connectivity index (χ4n) is 27.2. The van der Waals surface area contributed by atoms with Gasteiger partial charge in [0.1, 0.15) is 17.3 Å². The Morgan fingerprint density at radius 3 is 1.27 bits per heavy atom. The van der Waals surface area contributed by atoms with E-state index in [0.29, 0.717) is 5.82 Å². The maximum atomic E-state index is 6.61. The van der Waals surface area contributed by atoms with Crippen LogP contribution in [0.2, 0.25) is 0 Å². The van der Waals surface area contributed by atoms with Crippen LogP contribution < -0.4 is 9.64 Å². The van der Waals surface area contributed by atoms with Crippen molar-refractivity contribution >= 4 is 94.2 Å². The van der Waals surface area contributed by atoms with Crippen LogP contribution in [0.1, 0.15) is 91.7 Å². The highest BCUT2D eigenvalue weighted by Crippen LogP contribution is 2.70. The van der Waals surface area contributed by atoms with E-state index in [4.69, 9.17) is 19.7 Å². The number of rotatable bonds is 7. The Labute approximate surface area is 871 Å². The summed E-state index contributed by atoms with van der Waals surface area (Å²) in [5, 5.41) is 7.42. The van der Waals surface area contributed by atoms with Crippen LogP contribution in [0.15, 0.2) is 520 Å². The lowest BCUT2D eigenvalue weighted by atomic mass is 9.64. The summed E-state index contributed by atoms with van der Waals surface area (Å²) in [6.45, 7) is 4.80. The van der Waals surface area contributed by atoms with Crippen LogP contribution in [-0.4, -0.2) is 33.6 Å². The largest absolute Gasteiger partial charge is 0.457 e. The van der Waals surface area contributed by atoms with Crippen molar-refractivity contribution in [2.75, 3.05) is 4.90 Å². The third-order valence-electron chi connectivity index (χ3n) is 33.0. The van der Waals surface area contributed by atoms with E-state index in [2.05, 4.69) is 492 Å². The van der Waals surface area contributed by atoms with Gasteiger partial charge in [-0.15, -0.1) is 0 Å². The van der Waals surface area contributed by atoms with Gasteiger partial charge in [-0.25, -0.2) is 9.97 Å². The molecule has 9 nitrogen and oxygen atoms in total. The number of nitrogens with zero attached hydrogens (tertiary/aromatic N) is 8. The van der Waals surface area contributed by atoms with Crippen molar-refractivity contribution in [3.63, 3.8) is 0 Å². The average molecular weight is 1930 g/mol. The zero-order valence-corrected chi connectivity index (χ0v) is 82.7. The molecule has 0 saturated carbocycles. The highest BCUT2D eigenvalue weighted by molar-refractivity contribution is 7.99. The highest BCUT2D eigenvalue weighted by atomic mass is 32.2. The molecule has 0 bridgehead atoms. The van der Waals surface area contributed by atoms with Gasteiger partial charge >= 0.3 is 0 Å². The summed E-state index contributed by atoms with van der Waals surface area (Å²) in [5.41, 5.74) is 44.8. The maximum absolute atomic E-state index is 6.61. The lowest BCUT2D eigenvalue weighted by Gasteiger charge is -2.45. The van der Waals surface area contributed by atoms with Crippen molar-refractivity contribution in [1.82, 2.24) is 33.6 Å². The van der Waals surface area contributed by atoms with Gasteiger partial charge < -0.3 is 18.8 Å². The van der Waals surface area contributed by atoms with Crippen LogP contribution >= 0.6 is 11.8 Å². The third-order valence-corrected chi connectivity index (χ3v) is 34.2. The molecule has 3 spiro atoms. The van der Waals surface area contributed by atoms with Crippen LogP contribution in [0, 0.1) is 0 Å². The van der Waals surface area contributed by atoms with E-state index in [1.54, 1.807) is 0 Å². The number of aromatic nitrogens is 7. The van der Waals surface area contributed by atoms with Gasteiger partial charge in [0.25, 0.3) is 0 Å².